The van der Waals surface area contributed by atoms with Gasteiger partial charge in [-0.3, -0.25) is 4.68 Å². The third kappa shape index (κ3) is 3.88. The first-order chi connectivity index (χ1) is 10.2. The van der Waals surface area contributed by atoms with Crippen molar-refractivity contribution >= 4 is 0 Å². The molecule has 5 heteroatoms. The predicted molar refractivity (Wildman–Crippen MR) is 81.6 cm³/mol. The van der Waals surface area contributed by atoms with Gasteiger partial charge >= 0.3 is 0 Å². The van der Waals surface area contributed by atoms with Crippen LogP contribution in [0.1, 0.15) is 43.3 Å². The van der Waals surface area contributed by atoms with Gasteiger partial charge in [-0.2, -0.15) is 5.10 Å². The number of nitrogens with zero attached hydrogens (tertiary/aromatic N) is 3. The first kappa shape index (κ1) is 15.6. The van der Waals surface area contributed by atoms with Gasteiger partial charge in [0.1, 0.15) is 18.0 Å². The lowest BCUT2D eigenvalue weighted by molar-refractivity contribution is 0.474. The Morgan fingerprint density at radius 1 is 1.33 bits per heavy atom. The third-order valence-corrected chi connectivity index (χ3v) is 3.55. The minimum absolute atomic E-state index is 0.0833. The van der Waals surface area contributed by atoms with Crippen LogP contribution in [0.25, 0.3) is 0 Å². The lowest BCUT2D eigenvalue weighted by Crippen LogP contribution is -2.26. The van der Waals surface area contributed by atoms with E-state index in [9.17, 15) is 4.39 Å². The number of hydrogen-bond donors (Lipinski definition) is 1. The molecule has 0 amide bonds. The van der Waals surface area contributed by atoms with Crippen molar-refractivity contribution in [2.24, 2.45) is 0 Å². The van der Waals surface area contributed by atoms with Gasteiger partial charge in [-0.1, -0.05) is 19.1 Å². The van der Waals surface area contributed by atoms with E-state index in [0.717, 1.165) is 30.9 Å². The summed E-state index contributed by atoms with van der Waals surface area (Å²) in [5.41, 5.74) is 1.63. The Labute approximate surface area is 125 Å². The molecule has 1 N–H and O–H groups in total. The standard InChI is InChI=1S/C16H23FN4/c1-4-8-18-15(10-16-19-11-20-21(16)5-2)13-7-6-12(3)9-14(13)17/h6-7,9,11,15,18H,4-5,8,10H2,1-3H3. The molecule has 0 radical (unpaired) electrons. The highest BCUT2D eigenvalue weighted by Crippen LogP contribution is 2.21. The molecule has 21 heavy (non-hydrogen) atoms. The van der Waals surface area contributed by atoms with Crippen molar-refractivity contribution in [1.82, 2.24) is 20.1 Å². The summed E-state index contributed by atoms with van der Waals surface area (Å²) in [6.07, 6.45) is 3.19. The van der Waals surface area contributed by atoms with Crippen LogP contribution in [0.2, 0.25) is 0 Å². The Morgan fingerprint density at radius 2 is 2.14 bits per heavy atom. The van der Waals surface area contributed by atoms with E-state index < -0.39 is 0 Å². The molecule has 0 aliphatic heterocycles. The number of rotatable bonds is 7. The van der Waals surface area contributed by atoms with E-state index in [1.807, 2.05) is 30.7 Å². The van der Waals surface area contributed by atoms with Crippen molar-refractivity contribution in [3.8, 4) is 0 Å². The van der Waals surface area contributed by atoms with Crippen molar-refractivity contribution < 1.29 is 4.39 Å². The highest BCUT2D eigenvalue weighted by atomic mass is 19.1. The van der Waals surface area contributed by atoms with Crippen molar-refractivity contribution in [3.63, 3.8) is 0 Å². The molecule has 4 nitrogen and oxygen atoms in total. The summed E-state index contributed by atoms with van der Waals surface area (Å²) in [6, 6.07) is 5.31. The monoisotopic (exact) mass is 290 g/mol. The molecule has 2 aromatic rings. The van der Waals surface area contributed by atoms with Gasteiger partial charge in [0.2, 0.25) is 0 Å². The van der Waals surface area contributed by atoms with Gasteiger partial charge in [-0.15, -0.1) is 0 Å². The van der Waals surface area contributed by atoms with Crippen LogP contribution in [0.3, 0.4) is 0 Å². The molecule has 114 valence electrons. The third-order valence-electron chi connectivity index (χ3n) is 3.55. The van der Waals surface area contributed by atoms with Gasteiger partial charge in [0.05, 0.1) is 0 Å². The van der Waals surface area contributed by atoms with Crippen LogP contribution in [0, 0.1) is 12.7 Å². The Morgan fingerprint density at radius 3 is 2.81 bits per heavy atom. The maximum absolute atomic E-state index is 14.3. The molecule has 1 aromatic heterocycles. The number of halogens is 1. The SMILES string of the molecule is CCCNC(Cc1ncnn1CC)c1ccc(C)cc1F. The predicted octanol–water partition coefficient (Wildman–Crippen LogP) is 3.03. The second-order valence-corrected chi connectivity index (χ2v) is 5.23. The molecule has 0 spiro atoms. The maximum Gasteiger partial charge on any atom is 0.138 e. The molecule has 0 aliphatic carbocycles. The molecule has 0 aliphatic rings. The van der Waals surface area contributed by atoms with E-state index in [0.29, 0.717) is 12.0 Å². The number of benzene rings is 1. The molecule has 2 rings (SSSR count). The fourth-order valence-electron chi connectivity index (χ4n) is 2.42. The summed E-state index contributed by atoms with van der Waals surface area (Å²) >= 11 is 0. The largest absolute Gasteiger partial charge is 0.309 e. The number of hydrogen-bond acceptors (Lipinski definition) is 3. The van der Waals surface area contributed by atoms with Gasteiger partial charge < -0.3 is 5.32 Å². The van der Waals surface area contributed by atoms with Crippen LogP contribution < -0.4 is 5.32 Å². The molecule has 1 aromatic carbocycles. The van der Waals surface area contributed by atoms with Crippen LogP contribution in [0.5, 0.6) is 0 Å². The normalized spacial score (nSPS) is 12.6. The summed E-state index contributed by atoms with van der Waals surface area (Å²) in [5, 5.41) is 7.60. The van der Waals surface area contributed by atoms with Gasteiger partial charge in [0.25, 0.3) is 0 Å². The summed E-state index contributed by atoms with van der Waals surface area (Å²) < 4.78 is 16.1. The molecular weight excluding hydrogens is 267 g/mol. The van der Waals surface area contributed by atoms with Crippen LogP contribution in [0.4, 0.5) is 4.39 Å². The highest BCUT2D eigenvalue weighted by molar-refractivity contribution is 5.26. The molecule has 1 atom stereocenters. The van der Waals surface area contributed by atoms with E-state index in [1.165, 1.54) is 0 Å². The topological polar surface area (TPSA) is 42.7 Å². The first-order valence-corrected chi connectivity index (χ1v) is 7.51. The zero-order valence-corrected chi connectivity index (χ0v) is 12.9. The lowest BCUT2D eigenvalue weighted by atomic mass is 10.0. The molecule has 0 saturated carbocycles. The highest BCUT2D eigenvalue weighted by Gasteiger charge is 2.18. The molecule has 0 fully saturated rings. The number of nitrogens with one attached hydrogen (secondary N) is 1. The van der Waals surface area contributed by atoms with Gasteiger partial charge in [-0.25, -0.2) is 9.37 Å². The second kappa shape index (κ2) is 7.31. The van der Waals surface area contributed by atoms with Gasteiger partial charge in [0.15, 0.2) is 0 Å². The summed E-state index contributed by atoms with van der Waals surface area (Å²) in [6.45, 7) is 7.64. The van der Waals surface area contributed by atoms with E-state index in [1.54, 1.807) is 12.4 Å². The fraction of sp³-hybridized carbons (Fsp3) is 0.500. The summed E-state index contributed by atoms with van der Waals surface area (Å²) in [5.74, 6) is 0.720. The first-order valence-electron chi connectivity index (χ1n) is 7.51. The van der Waals surface area contributed by atoms with E-state index >= 15 is 0 Å². The van der Waals surface area contributed by atoms with Crippen molar-refractivity contribution in [3.05, 3.63) is 47.3 Å². The Bertz CT molecular complexity index is 579. The minimum atomic E-state index is -0.161. The molecule has 0 bridgehead atoms. The second-order valence-electron chi connectivity index (χ2n) is 5.23. The van der Waals surface area contributed by atoms with Crippen LogP contribution in [-0.4, -0.2) is 21.3 Å². The average Bonchev–Trinajstić information content (AvgIpc) is 2.91. The Kier molecular flexibility index (Phi) is 5.44. The van der Waals surface area contributed by atoms with E-state index in [2.05, 4.69) is 22.3 Å². The molecular formula is C16H23FN4. The Balaban J connectivity index is 2.25. The van der Waals surface area contributed by atoms with Crippen LogP contribution in [0.15, 0.2) is 24.5 Å². The molecule has 1 unspecified atom stereocenters. The van der Waals surface area contributed by atoms with Crippen molar-refractivity contribution in [1.29, 1.82) is 0 Å². The quantitative estimate of drug-likeness (QED) is 0.852. The van der Waals surface area contributed by atoms with E-state index in [-0.39, 0.29) is 11.9 Å². The van der Waals surface area contributed by atoms with Gasteiger partial charge in [0, 0.05) is 24.6 Å². The minimum Gasteiger partial charge on any atom is -0.309 e. The zero-order chi connectivity index (χ0) is 15.2. The van der Waals surface area contributed by atoms with E-state index in [4.69, 9.17) is 0 Å². The number of aromatic nitrogens is 3. The maximum atomic E-state index is 14.3. The van der Waals surface area contributed by atoms with Gasteiger partial charge in [-0.05, 0) is 38.4 Å². The van der Waals surface area contributed by atoms with Crippen molar-refractivity contribution in [2.45, 2.75) is 46.2 Å². The molecule has 0 saturated heterocycles. The summed E-state index contributed by atoms with van der Waals surface area (Å²) in [7, 11) is 0. The summed E-state index contributed by atoms with van der Waals surface area (Å²) in [4.78, 5) is 4.30. The number of aryl methyl sites for hydroxylation is 2. The fourth-order valence-corrected chi connectivity index (χ4v) is 2.42. The smallest absolute Gasteiger partial charge is 0.138 e. The Hall–Kier alpha value is -1.75. The zero-order valence-electron chi connectivity index (χ0n) is 12.9. The van der Waals surface area contributed by atoms with Crippen LogP contribution >= 0.6 is 0 Å². The average molecular weight is 290 g/mol. The molecule has 1 heterocycles. The van der Waals surface area contributed by atoms with Crippen LogP contribution in [-0.2, 0) is 13.0 Å². The lowest BCUT2D eigenvalue weighted by Gasteiger charge is -2.19. The van der Waals surface area contributed by atoms with Crippen molar-refractivity contribution in [2.75, 3.05) is 6.54 Å².